The lowest BCUT2D eigenvalue weighted by Crippen LogP contribution is -2.24. The number of nitrogens with one attached hydrogen (secondary N) is 2. The van der Waals surface area contributed by atoms with Crippen molar-refractivity contribution >= 4 is 21.6 Å². The van der Waals surface area contributed by atoms with Crippen LogP contribution in [0.25, 0.3) is 0 Å². The van der Waals surface area contributed by atoms with Crippen LogP contribution in [0.15, 0.2) is 41.6 Å². The molecule has 0 aliphatic heterocycles. The molecule has 2 aromatic rings. The Balaban J connectivity index is 1.65. The molecule has 0 atom stereocenters. The molecule has 0 spiro atoms. The van der Waals surface area contributed by atoms with Gasteiger partial charge in [0.05, 0.1) is 17.1 Å². The van der Waals surface area contributed by atoms with Crippen LogP contribution in [0.3, 0.4) is 0 Å². The fourth-order valence-corrected chi connectivity index (χ4v) is 3.33. The second-order valence-electron chi connectivity index (χ2n) is 5.96. The van der Waals surface area contributed by atoms with E-state index in [-0.39, 0.29) is 17.3 Å². The second-order valence-corrected chi connectivity index (χ2v) is 7.73. The maximum atomic E-state index is 12.4. The van der Waals surface area contributed by atoms with Crippen molar-refractivity contribution in [2.45, 2.75) is 43.5 Å². The number of carbonyl (C=O) groups is 1. The topological polar surface area (TPSA) is 101 Å². The van der Waals surface area contributed by atoms with E-state index in [4.69, 9.17) is 0 Å². The minimum Gasteiger partial charge on any atom is -0.326 e. The molecule has 1 aliphatic rings. The molecule has 1 saturated carbocycles. The summed E-state index contributed by atoms with van der Waals surface area (Å²) in [6.07, 6.45) is 4.10. The van der Waals surface area contributed by atoms with Crippen LogP contribution in [0.5, 0.6) is 0 Å². The van der Waals surface area contributed by atoms with E-state index in [0.717, 1.165) is 18.5 Å². The quantitative estimate of drug-likeness (QED) is 0.788. The van der Waals surface area contributed by atoms with Gasteiger partial charge in [0.15, 0.2) is 0 Å². The highest BCUT2D eigenvalue weighted by Gasteiger charge is 2.25. The third-order valence-corrected chi connectivity index (χ3v) is 5.37. The molecule has 1 fully saturated rings. The zero-order chi connectivity index (χ0) is 17.9. The molecular formula is C17H20N4O3S. The van der Waals surface area contributed by atoms with Crippen molar-refractivity contribution in [1.82, 2.24) is 14.7 Å². The molecule has 0 bridgehead atoms. The fraction of sp³-hybridized carbons (Fsp3) is 0.353. The lowest BCUT2D eigenvalue weighted by Gasteiger charge is -2.08. The van der Waals surface area contributed by atoms with Crippen molar-refractivity contribution in [3.8, 4) is 0 Å². The van der Waals surface area contributed by atoms with E-state index >= 15 is 0 Å². The van der Waals surface area contributed by atoms with Gasteiger partial charge in [0.1, 0.15) is 6.33 Å². The molecule has 1 heterocycles. The monoisotopic (exact) mass is 360 g/mol. The number of amides is 1. The van der Waals surface area contributed by atoms with Crippen molar-refractivity contribution in [1.29, 1.82) is 0 Å². The molecule has 25 heavy (non-hydrogen) atoms. The Labute approximate surface area is 146 Å². The van der Waals surface area contributed by atoms with Gasteiger partial charge in [0, 0.05) is 23.7 Å². The maximum Gasteiger partial charge on any atom is 0.240 e. The number of sulfonamides is 1. The van der Waals surface area contributed by atoms with E-state index < -0.39 is 10.0 Å². The van der Waals surface area contributed by atoms with Gasteiger partial charge in [0.25, 0.3) is 0 Å². The van der Waals surface area contributed by atoms with Gasteiger partial charge in [-0.2, -0.15) is 0 Å². The molecular weight excluding hydrogens is 340 g/mol. The Morgan fingerprint density at radius 1 is 1.20 bits per heavy atom. The number of aromatic nitrogens is 2. The first-order chi connectivity index (χ1) is 12.0. The van der Waals surface area contributed by atoms with E-state index in [1.807, 2.05) is 6.07 Å². The minimum atomic E-state index is -3.65. The second kappa shape index (κ2) is 7.28. The van der Waals surface area contributed by atoms with E-state index in [1.165, 1.54) is 18.5 Å². The van der Waals surface area contributed by atoms with Crippen LogP contribution < -0.4 is 10.0 Å². The van der Waals surface area contributed by atoms with Gasteiger partial charge in [-0.05, 0) is 43.2 Å². The number of rotatable bonds is 7. The third-order valence-electron chi connectivity index (χ3n) is 3.95. The molecule has 132 valence electrons. The van der Waals surface area contributed by atoms with Crippen LogP contribution in [0.2, 0.25) is 0 Å². The third kappa shape index (κ3) is 4.61. The van der Waals surface area contributed by atoms with Gasteiger partial charge < -0.3 is 5.32 Å². The Morgan fingerprint density at radius 3 is 2.56 bits per heavy atom. The van der Waals surface area contributed by atoms with Crippen molar-refractivity contribution in [3.63, 3.8) is 0 Å². The van der Waals surface area contributed by atoms with Crippen molar-refractivity contribution < 1.29 is 13.2 Å². The summed E-state index contributed by atoms with van der Waals surface area (Å²) in [6, 6.07) is 7.91. The first-order valence-corrected chi connectivity index (χ1v) is 9.66. The number of benzene rings is 1. The van der Waals surface area contributed by atoms with Crippen LogP contribution in [0, 0.1) is 0 Å². The van der Waals surface area contributed by atoms with Crippen molar-refractivity contribution in [2.24, 2.45) is 0 Å². The normalized spacial score (nSPS) is 14.3. The molecule has 1 aromatic heterocycles. The van der Waals surface area contributed by atoms with E-state index in [1.54, 1.807) is 19.1 Å². The smallest absolute Gasteiger partial charge is 0.240 e. The van der Waals surface area contributed by atoms with Gasteiger partial charge in [-0.25, -0.2) is 23.1 Å². The van der Waals surface area contributed by atoms with Gasteiger partial charge in [-0.3, -0.25) is 4.79 Å². The summed E-state index contributed by atoms with van der Waals surface area (Å²) in [7, 11) is -3.65. The van der Waals surface area contributed by atoms with Crippen molar-refractivity contribution in [2.75, 3.05) is 5.32 Å². The molecule has 1 aliphatic carbocycles. The van der Waals surface area contributed by atoms with Crippen LogP contribution in [0.4, 0.5) is 5.69 Å². The molecule has 0 radical (unpaired) electrons. The predicted octanol–water partition coefficient (Wildman–Crippen LogP) is 2.18. The zero-order valence-corrected chi connectivity index (χ0v) is 14.7. The molecule has 8 heteroatoms. The van der Waals surface area contributed by atoms with E-state index in [2.05, 4.69) is 20.0 Å². The number of anilines is 1. The summed E-state index contributed by atoms with van der Waals surface area (Å²) in [6.45, 7) is 1.86. The summed E-state index contributed by atoms with van der Waals surface area (Å²) in [5, 5.41) is 2.68. The highest BCUT2D eigenvalue weighted by Crippen LogP contribution is 2.38. The van der Waals surface area contributed by atoms with Crippen LogP contribution in [-0.4, -0.2) is 24.3 Å². The van der Waals surface area contributed by atoms with Gasteiger partial charge in [0.2, 0.25) is 15.9 Å². The Bertz CT molecular complexity index is 862. The Hall–Kier alpha value is -2.32. The summed E-state index contributed by atoms with van der Waals surface area (Å²) in [5.41, 5.74) is 2.18. The standard InChI is InChI=1S/C17H20N4O3S/c1-2-17(22)21-13-5-7-15(8-6-13)25(23,24)20-10-14-9-16(12-3-4-12)19-11-18-14/h5-9,11-12,20H,2-4,10H2,1H3,(H,21,22). The highest BCUT2D eigenvalue weighted by atomic mass is 32.2. The zero-order valence-electron chi connectivity index (χ0n) is 13.9. The van der Waals surface area contributed by atoms with E-state index in [0.29, 0.717) is 23.7 Å². The molecule has 0 unspecified atom stereocenters. The maximum absolute atomic E-state index is 12.4. The SMILES string of the molecule is CCC(=O)Nc1ccc(S(=O)(=O)NCc2cc(C3CC3)ncn2)cc1. The van der Waals surface area contributed by atoms with E-state index in [9.17, 15) is 13.2 Å². The molecule has 0 saturated heterocycles. The predicted molar refractivity (Wildman–Crippen MR) is 93.4 cm³/mol. The lowest BCUT2D eigenvalue weighted by atomic mass is 10.2. The minimum absolute atomic E-state index is 0.110. The number of hydrogen-bond donors (Lipinski definition) is 2. The molecule has 1 amide bonds. The fourth-order valence-electron chi connectivity index (χ4n) is 2.33. The number of carbonyl (C=O) groups excluding carboxylic acids is 1. The average molecular weight is 360 g/mol. The van der Waals surface area contributed by atoms with Gasteiger partial charge >= 0.3 is 0 Å². The van der Waals surface area contributed by atoms with Crippen molar-refractivity contribution in [3.05, 3.63) is 48.0 Å². The summed E-state index contributed by atoms with van der Waals surface area (Å²) >= 11 is 0. The highest BCUT2D eigenvalue weighted by molar-refractivity contribution is 7.89. The molecule has 3 rings (SSSR count). The van der Waals surface area contributed by atoms with Gasteiger partial charge in [-0.1, -0.05) is 6.92 Å². The van der Waals surface area contributed by atoms with Crippen LogP contribution in [-0.2, 0) is 21.4 Å². The molecule has 2 N–H and O–H groups in total. The molecule has 7 nitrogen and oxygen atoms in total. The Morgan fingerprint density at radius 2 is 1.92 bits per heavy atom. The first kappa shape index (κ1) is 17.5. The average Bonchev–Trinajstić information content (AvgIpc) is 3.46. The van der Waals surface area contributed by atoms with Gasteiger partial charge in [-0.15, -0.1) is 0 Å². The van der Waals surface area contributed by atoms with Crippen LogP contribution >= 0.6 is 0 Å². The summed E-state index contributed by atoms with van der Waals surface area (Å²) in [4.78, 5) is 19.8. The number of hydrogen-bond acceptors (Lipinski definition) is 5. The summed E-state index contributed by atoms with van der Waals surface area (Å²) in [5.74, 6) is 0.369. The lowest BCUT2D eigenvalue weighted by molar-refractivity contribution is -0.115. The Kier molecular flexibility index (Phi) is 5.10. The first-order valence-electron chi connectivity index (χ1n) is 8.18. The van der Waals surface area contributed by atoms with Crippen LogP contribution in [0.1, 0.15) is 43.5 Å². The molecule has 1 aromatic carbocycles. The largest absolute Gasteiger partial charge is 0.326 e. The summed E-state index contributed by atoms with van der Waals surface area (Å²) < 4.78 is 27.3. The number of nitrogens with zero attached hydrogens (tertiary/aromatic N) is 2.